The zero-order chi connectivity index (χ0) is 21.2. The number of halogens is 1. The minimum absolute atomic E-state index is 0.272. The Kier molecular flexibility index (Phi) is 6.76. The highest BCUT2D eigenvalue weighted by molar-refractivity contribution is 9.11. The number of thiophene rings is 1. The Hall–Kier alpha value is -1.77. The van der Waals surface area contributed by atoms with Crippen LogP contribution in [0.3, 0.4) is 0 Å². The minimum Gasteiger partial charge on any atom is -0.337 e. The zero-order valence-electron chi connectivity index (χ0n) is 16.7. The number of benzene rings is 1. The first-order chi connectivity index (χ1) is 13.7. The van der Waals surface area contributed by atoms with Gasteiger partial charge < -0.3 is 15.5 Å². The Balaban J connectivity index is 1.68. The number of anilines is 2. The maximum atomic E-state index is 12.8. The first kappa shape index (κ1) is 21.9. The third-order valence-corrected chi connectivity index (χ3v) is 6.91. The molecule has 3 rings (SSSR count). The van der Waals surface area contributed by atoms with Crippen LogP contribution in [-0.4, -0.2) is 28.9 Å². The topological polar surface area (TPSA) is 61.4 Å². The third kappa shape index (κ3) is 5.24. The molecule has 1 aliphatic heterocycles. The second-order valence-corrected chi connectivity index (χ2v) is 10.6. The van der Waals surface area contributed by atoms with Crippen molar-refractivity contribution >= 4 is 67.7 Å². The molecule has 8 heteroatoms. The summed E-state index contributed by atoms with van der Waals surface area (Å²) >= 11 is 10.2. The summed E-state index contributed by atoms with van der Waals surface area (Å²) in [6, 6.07) is 9.36. The van der Waals surface area contributed by atoms with Crippen molar-refractivity contribution in [1.82, 2.24) is 5.32 Å². The van der Waals surface area contributed by atoms with Gasteiger partial charge in [-0.05, 0) is 91.9 Å². The molecule has 0 radical (unpaired) electrons. The van der Waals surface area contributed by atoms with Crippen molar-refractivity contribution in [2.45, 2.75) is 45.6 Å². The predicted molar refractivity (Wildman–Crippen MR) is 127 cm³/mol. The number of piperidine rings is 1. The SMILES string of the molecule is Cc1cc(NC(=O)C(C)(C)NC(=O)c2ccc(Br)s2)ccc1N1CCCCC1=S. The van der Waals surface area contributed by atoms with Gasteiger partial charge in [0.05, 0.1) is 13.7 Å². The van der Waals surface area contributed by atoms with Crippen LogP contribution >= 0.6 is 39.5 Å². The van der Waals surface area contributed by atoms with Gasteiger partial charge in [-0.2, -0.15) is 0 Å². The van der Waals surface area contributed by atoms with E-state index in [9.17, 15) is 9.59 Å². The van der Waals surface area contributed by atoms with Crippen LogP contribution in [0.15, 0.2) is 34.1 Å². The van der Waals surface area contributed by atoms with Crippen LogP contribution in [0.2, 0.25) is 0 Å². The molecule has 1 fully saturated rings. The standard InChI is InChI=1S/C21H24BrN3O2S2/c1-13-12-14(7-8-15(13)25-11-5-4-6-18(25)28)23-20(27)21(2,3)24-19(26)16-9-10-17(22)29-16/h7-10,12H,4-6,11H2,1-3H3,(H,23,27)(H,24,26). The summed E-state index contributed by atoms with van der Waals surface area (Å²) in [7, 11) is 0. The summed E-state index contributed by atoms with van der Waals surface area (Å²) in [4.78, 5) is 28.9. The minimum atomic E-state index is -1.06. The van der Waals surface area contributed by atoms with E-state index in [-0.39, 0.29) is 11.8 Å². The maximum absolute atomic E-state index is 12.8. The molecule has 2 aromatic rings. The van der Waals surface area contributed by atoms with Crippen LogP contribution in [0.25, 0.3) is 0 Å². The van der Waals surface area contributed by atoms with E-state index >= 15 is 0 Å². The molecule has 0 spiro atoms. The molecule has 0 bridgehead atoms. The van der Waals surface area contributed by atoms with Gasteiger partial charge in [0.2, 0.25) is 5.91 Å². The van der Waals surface area contributed by atoms with Crippen LogP contribution in [0.5, 0.6) is 0 Å². The molecule has 2 amide bonds. The van der Waals surface area contributed by atoms with Gasteiger partial charge in [0, 0.05) is 17.9 Å². The molecular weight excluding hydrogens is 470 g/mol. The molecule has 1 aromatic carbocycles. The molecule has 1 aromatic heterocycles. The fraction of sp³-hybridized carbons (Fsp3) is 0.381. The number of aryl methyl sites for hydroxylation is 1. The Bertz CT molecular complexity index is 955. The van der Waals surface area contributed by atoms with Crippen molar-refractivity contribution in [3.8, 4) is 0 Å². The van der Waals surface area contributed by atoms with Gasteiger partial charge in [-0.25, -0.2) is 0 Å². The Morgan fingerprint density at radius 1 is 1.21 bits per heavy atom. The molecule has 5 nitrogen and oxygen atoms in total. The van der Waals surface area contributed by atoms with Crippen LogP contribution < -0.4 is 15.5 Å². The third-order valence-electron chi connectivity index (χ3n) is 4.86. The van der Waals surface area contributed by atoms with E-state index in [4.69, 9.17) is 12.2 Å². The lowest BCUT2D eigenvalue weighted by Gasteiger charge is -2.31. The summed E-state index contributed by atoms with van der Waals surface area (Å²) in [6.45, 7) is 6.33. The predicted octanol–water partition coefficient (Wildman–Crippen LogP) is 5.28. The van der Waals surface area contributed by atoms with E-state index in [1.807, 2.05) is 31.2 Å². The molecule has 29 heavy (non-hydrogen) atoms. The van der Waals surface area contributed by atoms with Crippen LogP contribution in [0.1, 0.15) is 48.3 Å². The van der Waals surface area contributed by atoms with Crippen molar-refractivity contribution in [3.05, 3.63) is 44.6 Å². The number of amides is 2. The number of nitrogens with zero attached hydrogens (tertiary/aromatic N) is 1. The van der Waals surface area contributed by atoms with Crippen molar-refractivity contribution in [3.63, 3.8) is 0 Å². The largest absolute Gasteiger partial charge is 0.337 e. The first-order valence-corrected chi connectivity index (χ1v) is 11.5. The van der Waals surface area contributed by atoms with Gasteiger partial charge in [-0.3, -0.25) is 9.59 Å². The monoisotopic (exact) mass is 493 g/mol. The Morgan fingerprint density at radius 3 is 2.59 bits per heavy atom. The number of rotatable bonds is 5. The highest BCUT2D eigenvalue weighted by atomic mass is 79.9. The quantitative estimate of drug-likeness (QED) is 0.555. The number of nitrogens with one attached hydrogen (secondary N) is 2. The van der Waals surface area contributed by atoms with E-state index < -0.39 is 5.54 Å². The van der Waals surface area contributed by atoms with Gasteiger partial charge >= 0.3 is 0 Å². The number of hydrogen-bond donors (Lipinski definition) is 2. The summed E-state index contributed by atoms with van der Waals surface area (Å²) in [5.41, 5.74) is 1.77. The molecule has 0 aliphatic carbocycles. The van der Waals surface area contributed by atoms with Gasteiger partial charge in [-0.15, -0.1) is 11.3 Å². The van der Waals surface area contributed by atoms with Crippen LogP contribution in [0.4, 0.5) is 11.4 Å². The normalized spacial score (nSPS) is 14.6. The summed E-state index contributed by atoms with van der Waals surface area (Å²) < 4.78 is 0.869. The molecule has 0 saturated carbocycles. The average Bonchev–Trinajstić information content (AvgIpc) is 3.09. The number of thiocarbonyl (C=S) groups is 1. The zero-order valence-corrected chi connectivity index (χ0v) is 19.9. The van der Waals surface area contributed by atoms with Crippen molar-refractivity contribution in [2.24, 2.45) is 0 Å². The highest BCUT2D eigenvalue weighted by Gasteiger charge is 2.30. The van der Waals surface area contributed by atoms with E-state index in [2.05, 4.69) is 31.5 Å². The molecule has 1 aliphatic rings. The van der Waals surface area contributed by atoms with Gasteiger partial charge in [-0.1, -0.05) is 12.2 Å². The van der Waals surface area contributed by atoms with Crippen molar-refractivity contribution < 1.29 is 9.59 Å². The highest BCUT2D eigenvalue weighted by Crippen LogP contribution is 2.28. The molecule has 154 valence electrons. The number of hydrogen-bond acceptors (Lipinski definition) is 4. The van der Waals surface area contributed by atoms with Crippen molar-refractivity contribution in [2.75, 3.05) is 16.8 Å². The molecular formula is C21H24BrN3O2S2. The smallest absolute Gasteiger partial charge is 0.262 e. The summed E-state index contributed by atoms with van der Waals surface area (Å²) in [5.74, 6) is -0.548. The maximum Gasteiger partial charge on any atom is 0.262 e. The average molecular weight is 494 g/mol. The lowest BCUT2D eigenvalue weighted by molar-refractivity contribution is -0.120. The Morgan fingerprint density at radius 2 is 1.97 bits per heavy atom. The van der Waals surface area contributed by atoms with Gasteiger partial charge in [0.1, 0.15) is 5.54 Å². The molecule has 2 heterocycles. The van der Waals surface area contributed by atoms with E-state index in [0.717, 1.165) is 45.8 Å². The van der Waals surface area contributed by atoms with E-state index in [0.29, 0.717) is 10.6 Å². The van der Waals surface area contributed by atoms with Crippen molar-refractivity contribution in [1.29, 1.82) is 0 Å². The molecule has 0 unspecified atom stereocenters. The number of carbonyl (C=O) groups is 2. The van der Waals surface area contributed by atoms with E-state index in [1.54, 1.807) is 19.9 Å². The summed E-state index contributed by atoms with van der Waals surface area (Å²) in [5, 5.41) is 5.72. The lowest BCUT2D eigenvalue weighted by Crippen LogP contribution is -2.52. The molecule has 1 saturated heterocycles. The fourth-order valence-corrected chi connectivity index (χ4v) is 4.84. The van der Waals surface area contributed by atoms with Crippen LogP contribution in [0, 0.1) is 6.92 Å². The molecule has 2 N–H and O–H groups in total. The second-order valence-electron chi connectivity index (χ2n) is 7.64. The second kappa shape index (κ2) is 8.93. The molecule has 0 atom stereocenters. The number of carbonyl (C=O) groups excluding carboxylic acids is 2. The van der Waals surface area contributed by atoms with Crippen LogP contribution in [-0.2, 0) is 4.79 Å². The van der Waals surface area contributed by atoms with E-state index in [1.165, 1.54) is 11.3 Å². The first-order valence-electron chi connectivity index (χ1n) is 9.48. The fourth-order valence-electron chi connectivity index (χ4n) is 3.22. The van der Waals surface area contributed by atoms with Gasteiger partial charge in [0.15, 0.2) is 0 Å². The Labute approximate surface area is 189 Å². The van der Waals surface area contributed by atoms with Gasteiger partial charge in [0.25, 0.3) is 5.91 Å². The summed E-state index contributed by atoms with van der Waals surface area (Å²) in [6.07, 6.45) is 3.22. The lowest BCUT2D eigenvalue weighted by atomic mass is 10.0.